The molecule has 0 saturated carbocycles. The lowest BCUT2D eigenvalue weighted by Gasteiger charge is -2.33. The van der Waals surface area contributed by atoms with Crippen molar-refractivity contribution in [2.75, 3.05) is 36.6 Å². The molecular weight excluding hydrogens is 590 g/mol. The van der Waals surface area contributed by atoms with Gasteiger partial charge in [-0.1, -0.05) is 19.1 Å². The zero-order valence-electron chi connectivity index (χ0n) is 26.7. The molecule has 242 valence electrons. The lowest BCUT2D eigenvalue weighted by molar-refractivity contribution is -0.150. The van der Waals surface area contributed by atoms with E-state index in [0.717, 1.165) is 36.9 Å². The molecule has 5 atom stereocenters. The monoisotopic (exact) mass is 635 g/mol. The van der Waals surface area contributed by atoms with Gasteiger partial charge >= 0.3 is 0 Å². The van der Waals surface area contributed by atoms with Crippen molar-refractivity contribution >= 4 is 37.4 Å². The van der Waals surface area contributed by atoms with Gasteiger partial charge in [-0.2, -0.15) is 0 Å². The third-order valence-corrected chi connectivity index (χ3v) is 12.9. The van der Waals surface area contributed by atoms with Crippen LogP contribution in [0.5, 0.6) is 5.75 Å². The van der Waals surface area contributed by atoms with E-state index in [9.17, 15) is 24.3 Å². The highest BCUT2D eigenvalue weighted by Gasteiger charge is 2.66. The molecule has 6 rings (SSSR count). The van der Waals surface area contributed by atoms with Crippen molar-refractivity contribution < 1.29 is 33.8 Å². The van der Waals surface area contributed by atoms with Gasteiger partial charge in [0.15, 0.2) is 13.9 Å². The molecule has 0 aliphatic carbocycles. The predicted octanol–water partition coefficient (Wildman–Crippen LogP) is 3.93. The summed E-state index contributed by atoms with van der Waals surface area (Å²) in [6, 6.07) is 13.1. The summed E-state index contributed by atoms with van der Waals surface area (Å²) >= 11 is 0. The third kappa shape index (κ3) is 5.47. The normalized spacial score (nSPS) is 28.4. The Kier molecular flexibility index (Phi) is 8.57. The second kappa shape index (κ2) is 12.2. The lowest BCUT2D eigenvalue weighted by Crippen LogP contribution is -2.46. The first-order valence-corrected chi connectivity index (χ1v) is 19.2. The van der Waals surface area contributed by atoms with E-state index in [0.29, 0.717) is 36.5 Å². The fraction of sp³-hybridized carbons (Fsp3) is 0.559. The second-order valence-electron chi connectivity index (χ2n) is 13.6. The van der Waals surface area contributed by atoms with E-state index in [-0.39, 0.29) is 43.3 Å². The van der Waals surface area contributed by atoms with Gasteiger partial charge in [-0.25, -0.2) is 0 Å². The topological polar surface area (TPSA) is 120 Å². The summed E-state index contributed by atoms with van der Waals surface area (Å²) in [5.41, 5.74) is 1.29. The van der Waals surface area contributed by atoms with Crippen LogP contribution >= 0.6 is 0 Å². The number of carbonyl (C=O) groups is 3. The number of nitrogens with zero attached hydrogens (tertiary/aromatic N) is 3. The van der Waals surface area contributed by atoms with Gasteiger partial charge in [0.05, 0.1) is 44.5 Å². The number of ether oxygens (including phenoxy) is 2. The van der Waals surface area contributed by atoms with Crippen molar-refractivity contribution in [3.63, 3.8) is 0 Å². The maximum absolute atomic E-state index is 14.8. The Morgan fingerprint density at radius 1 is 1.11 bits per heavy atom. The summed E-state index contributed by atoms with van der Waals surface area (Å²) in [4.78, 5) is 57.9. The Balaban J connectivity index is 1.36. The minimum atomic E-state index is -2.96. The number of methoxy groups -OCH3 is 1. The zero-order valence-corrected chi connectivity index (χ0v) is 27.7. The Bertz CT molecular complexity index is 1480. The first kappa shape index (κ1) is 31.7. The lowest BCUT2D eigenvalue weighted by atomic mass is 9.82. The van der Waals surface area contributed by atoms with Gasteiger partial charge in [-0.05, 0) is 74.7 Å². The third-order valence-electron chi connectivity index (χ3n) is 10.4. The number of fused-ring (bicyclic) bond motifs is 2. The van der Waals surface area contributed by atoms with Crippen molar-refractivity contribution in [1.82, 2.24) is 4.90 Å². The van der Waals surface area contributed by atoms with Crippen LogP contribution in [0.25, 0.3) is 0 Å². The Morgan fingerprint density at radius 2 is 1.91 bits per heavy atom. The quantitative estimate of drug-likeness (QED) is 0.422. The number of hydrogen-bond donors (Lipinski definition) is 2. The zero-order chi connectivity index (χ0) is 32.1. The first-order chi connectivity index (χ1) is 21.5. The highest BCUT2D eigenvalue weighted by atomic mass is 28.4. The number of anilines is 2. The van der Waals surface area contributed by atoms with Gasteiger partial charge in [-0.15, -0.1) is 0 Å². The van der Waals surface area contributed by atoms with Crippen molar-refractivity contribution in [2.24, 2.45) is 5.92 Å². The number of amides is 3. The number of likely N-dealkylation sites (tertiary alicyclic amines) is 1. The van der Waals surface area contributed by atoms with E-state index in [1.807, 2.05) is 67.4 Å². The molecule has 2 N–H and O–H groups in total. The number of aliphatic hydroxyl groups excluding tert-OH is 1. The molecule has 2 aromatic carbocycles. The molecule has 3 saturated heterocycles. The molecule has 0 aromatic heterocycles. The molecule has 2 aromatic rings. The van der Waals surface area contributed by atoms with Gasteiger partial charge in [0.1, 0.15) is 5.75 Å². The number of benzene rings is 2. The van der Waals surface area contributed by atoms with E-state index in [1.165, 1.54) is 0 Å². The Labute approximate surface area is 266 Å². The van der Waals surface area contributed by atoms with Crippen molar-refractivity contribution in [1.29, 1.82) is 0 Å². The van der Waals surface area contributed by atoms with Crippen LogP contribution in [0, 0.1) is 5.92 Å². The number of carbonyl (C=O) groups excluding carboxylic acids is 3. The van der Waals surface area contributed by atoms with E-state index in [1.54, 1.807) is 16.9 Å². The van der Waals surface area contributed by atoms with Crippen LogP contribution in [0.2, 0.25) is 18.6 Å². The number of hydrogen-bond acceptors (Lipinski definition) is 7. The molecule has 0 radical (unpaired) electrons. The van der Waals surface area contributed by atoms with E-state index >= 15 is 0 Å². The van der Waals surface area contributed by atoms with Gasteiger partial charge in [0.25, 0.3) is 5.91 Å². The van der Waals surface area contributed by atoms with Crippen LogP contribution in [0.3, 0.4) is 0 Å². The maximum Gasteiger partial charge on any atom is 0.264 e. The van der Waals surface area contributed by atoms with E-state index in [4.69, 9.17) is 9.47 Å². The minimum Gasteiger partial charge on any atom is -0.497 e. The van der Waals surface area contributed by atoms with Crippen LogP contribution in [0.1, 0.15) is 56.6 Å². The molecule has 0 bridgehead atoms. The van der Waals surface area contributed by atoms with Crippen LogP contribution in [0.4, 0.5) is 11.4 Å². The summed E-state index contributed by atoms with van der Waals surface area (Å²) < 4.78 is 12.5. The van der Waals surface area contributed by atoms with Crippen molar-refractivity contribution in [3.05, 3.63) is 53.6 Å². The largest absolute Gasteiger partial charge is 0.497 e. The molecular formula is C34H45N3O7Si. The van der Waals surface area contributed by atoms with Gasteiger partial charge < -0.3 is 34.1 Å². The molecule has 3 amide bonds. The van der Waals surface area contributed by atoms with Crippen LogP contribution in [-0.4, -0.2) is 79.8 Å². The predicted molar refractivity (Wildman–Crippen MR) is 172 cm³/mol. The van der Waals surface area contributed by atoms with Crippen molar-refractivity contribution in [2.45, 2.75) is 88.4 Å². The SMILES string of the molecule is COc1ccc2c(c1)[C@@]1(O[C@H](CC(=O)N3CCC[C@H]3CO)[C@@H]([Si](C)(C)O)[C@@H]1C)C(=O)N2Cc1cccc(N2CCCCC2=O)c1. The smallest absolute Gasteiger partial charge is 0.264 e. The first-order valence-electron chi connectivity index (χ1n) is 16.2. The number of rotatable bonds is 8. The average Bonchev–Trinajstić information content (AvgIpc) is 3.68. The number of aliphatic hydroxyl groups is 1. The van der Waals surface area contributed by atoms with Gasteiger partial charge in [-0.3, -0.25) is 14.4 Å². The molecule has 4 aliphatic rings. The van der Waals surface area contributed by atoms with Gasteiger partial charge in [0.2, 0.25) is 11.8 Å². The summed E-state index contributed by atoms with van der Waals surface area (Å²) in [5, 5.41) is 9.85. The Hall–Kier alpha value is -3.25. The summed E-state index contributed by atoms with van der Waals surface area (Å²) in [6.07, 6.45) is 3.35. The molecule has 45 heavy (non-hydrogen) atoms. The molecule has 4 aliphatic heterocycles. The summed E-state index contributed by atoms with van der Waals surface area (Å²) in [7, 11) is -1.38. The highest BCUT2D eigenvalue weighted by molar-refractivity contribution is 6.71. The van der Waals surface area contributed by atoms with Crippen molar-refractivity contribution in [3.8, 4) is 5.75 Å². The molecule has 1 spiro atoms. The standard InChI is InChI=1S/C34H45N3O7Si/c1-22-32(45(3,4)42)29(19-31(40)36-16-8-11-25(36)21-38)44-34(22)27-18-26(43-2)13-14-28(27)37(33(34)41)20-23-9-7-10-24(17-23)35-15-6-5-12-30(35)39/h7,9-10,13-14,17-18,22,25,29,32,38,42H,5-6,8,11-12,15-16,19-21H2,1-4H3/t22-,25-,29+,32-,34+/m0/s1. The minimum absolute atomic E-state index is 0.0305. The molecule has 3 fully saturated rings. The fourth-order valence-corrected chi connectivity index (χ4v) is 10.8. The Morgan fingerprint density at radius 3 is 2.62 bits per heavy atom. The fourth-order valence-electron chi connectivity index (χ4n) is 8.27. The van der Waals surface area contributed by atoms with E-state index < -0.39 is 31.5 Å². The molecule has 11 heteroatoms. The molecule has 10 nitrogen and oxygen atoms in total. The second-order valence-corrected chi connectivity index (χ2v) is 17.6. The van der Waals surface area contributed by atoms with Crippen LogP contribution in [0.15, 0.2) is 42.5 Å². The maximum atomic E-state index is 14.8. The highest BCUT2D eigenvalue weighted by Crippen LogP contribution is 2.60. The average molecular weight is 636 g/mol. The van der Waals surface area contributed by atoms with Gasteiger partial charge in [0, 0.05) is 42.2 Å². The summed E-state index contributed by atoms with van der Waals surface area (Å²) in [5.74, 6) is -0.0769. The number of piperidine rings is 1. The van der Waals surface area contributed by atoms with Crippen LogP contribution in [-0.2, 0) is 31.3 Å². The van der Waals surface area contributed by atoms with Crippen LogP contribution < -0.4 is 14.5 Å². The molecule has 4 heterocycles. The molecule has 0 unspecified atom stereocenters. The summed E-state index contributed by atoms with van der Waals surface area (Å²) in [6.45, 7) is 7.09. The van der Waals surface area contributed by atoms with E-state index in [2.05, 4.69) is 0 Å².